The number of sulfonamides is 1. The maximum absolute atomic E-state index is 14.4. The highest BCUT2D eigenvalue weighted by Crippen LogP contribution is 2.24. The fraction of sp³-hybridized carbons (Fsp3) is 0.0833. The Morgan fingerprint density at radius 2 is 1.85 bits per heavy atom. The number of nitrogens with zero attached hydrogens (tertiary/aromatic N) is 2. The molecule has 10 heteroatoms. The number of amides is 1. The Bertz CT molecular complexity index is 1590. The fourth-order valence-corrected chi connectivity index (χ4v) is 5.50. The highest BCUT2D eigenvalue weighted by molar-refractivity contribution is 7.92. The van der Waals surface area contributed by atoms with Crippen molar-refractivity contribution in [3.05, 3.63) is 101 Å². The summed E-state index contributed by atoms with van der Waals surface area (Å²) in [5, 5.41) is 0. The summed E-state index contributed by atoms with van der Waals surface area (Å²) in [7, 11) is -3.96. The molecule has 0 radical (unpaired) electrons. The molecule has 174 valence electrons. The van der Waals surface area contributed by atoms with Gasteiger partial charge in [0.05, 0.1) is 26.4 Å². The van der Waals surface area contributed by atoms with Gasteiger partial charge in [0.15, 0.2) is 10.6 Å². The van der Waals surface area contributed by atoms with Gasteiger partial charge in [0.1, 0.15) is 5.82 Å². The molecule has 0 saturated carbocycles. The third kappa shape index (κ3) is 4.68. The quantitative estimate of drug-likeness (QED) is 0.379. The van der Waals surface area contributed by atoms with Gasteiger partial charge in [0, 0.05) is 12.6 Å². The number of para-hydroxylation sites is 1. The summed E-state index contributed by atoms with van der Waals surface area (Å²) in [5.74, 6) is -2.27. The minimum absolute atomic E-state index is 0.00690. The Morgan fingerprint density at radius 1 is 1.15 bits per heavy atom. The fourth-order valence-electron chi connectivity index (χ4n) is 3.34. The van der Waals surface area contributed by atoms with Gasteiger partial charge in [-0.1, -0.05) is 47.2 Å². The van der Waals surface area contributed by atoms with E-state index in [1.165, 1.54) is 34.9 Å². The number of thiazole rings is 1. The van der Waals surface area contributed by atoms with Crippen LogP contribution < -0.4 is 9.52 Å². The molecule has 1 amide bonds. The summed E-state index contributed by atoms with van der Waals surface area (Å²) in [4.78, 5) is 17.4. The van der Waals surface area contributed by atoms with E-state index in [9.17, 15) is 22.0 Å². The molecule has 34 heavy (non-hydrogen) atoms. The number of rotatable bonds is 6. The number of aromatic nitrogens is 1. The Balaban J connectivity index is 1.78. The predicted molar refractivity (Wildman–Crippen MR) is 128 cm³/mol. The highest BCUT2D eigenvalue weighted by atomic mass is 32.2. The number of anilines is 1. The molecule has 0 aliphatic rings. The topological polar surface area (TPSA) is 80.5 Å². The molecule has 1 N–H and O–H groups in total. The van der Waals surface area contributed by atoms with Crippen molar-refractivity contribution in [2.75, 3.05) is 4.72 Å². The van der Waals surface area contributed by atoms with E-state index >= 15 is 0 Å². The smallest absolute Gasteiger partial charge is 0.281 e. The number of carbonyl (C=O) groups excluding carboxylic acids is 1. The zero-order chi connectivity index (χ0) is 24.5. The molecule has 1 heterocycles. The number of fused-ring (bicyclic) bond motifs is 1. The molecular formula is C24H19F2N3O3S2. The van der Waals surface area contributed by atoms with Crippen molar-refractivity contribution < 1.29 is 22.0 Å². The van der Waals surface area contributed by atoms with Gasteiger partial charge in [-0.15, -0.1) is 6.58 Å². The van der Waals surface area contributed by atoms with E-state index in [-0.39, 0.29) is 37.7 Å². The normalized spacial score (nSPS) is 12.1. The Hall–Kier alpha value is -3.63. The third-order valence-electron chi connectivity index (χ3n) is 4.94. The summed E-state index contributed by atoms with van der Waals surface area (Å²) in [6, 6.07) is 14.2. The van der Waals surface area contributed by atoms with Gasteiger partial charge >= 0.3 is 0 Å². The number of hydrogen-bond acceptors (Lipinski definition) is 4. The lowest BCUT2D eigenvalue weighted by molar-refractivity contribution is 0.0998. The largest absolute Gasteiger partial charge is 0.310 e. The van der Waals surface area contributed by atoms with Crippen LogP contribution in [0, 0.1) is 18.6 Å². The molecule has 0 spiro atoms. The summed E-state index contributed by atoms with van der Waals surface area (Å²) in [6.45, 7) is 5.62. The van der Waals surface area contributed by atoms with Crippen molar-refractivity contribution in [2.45, 2.75) is 18.4 Å². The van der Waals surface area contributed by atoms with Gasteiger partial charge in [0.25, 0.3) is 15.9 Å². The molecule has 0 atom stereocenters. The third-order valence-corrected chi connectivity index (χ3v) is 7.34. The van der Waals surface area contributed by atoms with Gasteiger partial charge in [-0.25, -0.2) is 17.2 Å². The zero-order valence-electron chi connectivity index (χ0n) is 18.0. The summed E-state index contributed by atoms with van der Waals surface area (Å²) >= 11 is 0.941. The van der Waals surface area contributed by atoms with E-state index in [0.29, 0.717) is 0 Å². The second kappa shape index (κ2) is 9.32. The highest BCUT2D eigenvalue weighted by Gasteiger charge is 2.19. The van der Waals surface area contributed by atoms with Crippen molar-refractivity contribution in [1.29, 1.82) is 0 Å². The van der Waals surface area contributed by atoms with Crippen LogP contribution in [0.15, 0.2) is 83.2 Å². The summed E-state index contributed by atoms with van der Waals surface area (Å²) in [5.41, 5.74) is 1.06. The van der Waals surface area contributed by atoms with Crippen LogP contribution in [-0.2, 0) is 16.6 Å². The standard InChI is InChI=1S/C24H19F2N3O3S2/c1-3-12-29-22-19(26)13-16(25)14-21(22)33-24(29)27-23(30)18-6-4-5-7-20(18)28-34(31,32)17-10-8-15(2)9-11-17/h3-11,13-14,28H,1,12H2,2H3. The Labute approximate surface area is 198 Å². The van der Waals surface area contributed by atoms with Crippen LogP contribution in [0.2, 0.25) is 0 Å². The first-order valence-electron chi connectivity index (χ1n) is 10.1. The van der Waals surface area contributed by atoms with Gasteiger partial charge in [-0.05, 0) is 37.3 Å². The van der Waals surface area contributed by atoms with E-state index in [1.54, 1.807) is 24.3 Å². The molecule has 0 fully saturated rings. The Morgan fingerprint density at radius 3 is 2.56 bits per heavy atom. The van der Waals surface area contributed by atoms with E-state index in [0.717, 1.165) is 29.0 Å². The minimum atomic E-state index is -3.96. The van der Waals surface area contributed by atoms with E-state index in [1.807, 2.05) is 6.92 Å². The minimum Gasteiger partial charge on any atom is -0.310 e. The van der Waals surface area contributed by atoms with Crippen molar-refractivity contribution >= 4 is 43.2 Å². The van der Waals surface area contributed by atoms with Gasteiger partial charge in [-0.3, -0.25) is 9.52 Å². The van der Waals surface area contributed by atoms with Crippen molar-refractivity contribution in [3.63, 3.8) is 0 Å². The number of carbonyl (C=O) groups is 1. The van der Waals surface area contributed by atoms with Crippen LogP contribution in [-0.4, -0.2) is 18.9 Å². The molecule has 0 aliphatic heterocycles. The SMILES string of the molecule is C=CCn1c(=NC(=O)c2ccccc2NS(=O)(=O)c2ccc(C)cc2)sc2cc(F)cc(F)c21. The summed E-state index contributed by atoms with van der Waals surface area (Å²) in [6.07, 6.45) is 1.50. The molecule has 4 rings (SSSR count). The number of aryl methyl sites for hydroxylation is 1. The average Bonchev–Trinajstić information content (AvgIpc) is 3.11. The van der Waals surface area contributed by atoms with Crippen LogP contribution in [0.25, 0.3) is 10.2 Å². The van der Waals surface area contributed by atoms with Crippen LogP contribution in [0.5, 0.6) is 0 Å². The van der Waals surface area contributed by atoms with Crippen molar-refractivity contribution in [2.24, 2.45) is 4.99 Å². The monoisotopic (exact) mass is 499 g/mol. The van der Waals surface area contributed by atoms with E-state index in [2.05, 4.69) is 16.3 Å². The zero-order valence-corrected chi connectivity index (χ0v) is 19.6. The van der Waals surface area contributed by atoms with E-state index < -0.39 is 27.6 Å². The molecule has 0 unspecified atom stereocenters. The predicted octanol–water partition coefficient (Wildman–Crippen LogP) is 5.02. The van der Waals surface area contributed by atoms with Crippen LogP contribution in [0.4, 0.5) is 14.5 Å². The second-order valence-electron chi connectivity index (χ2n) is 7.40. The molecule has 1 aromatic heterocycles. The number of hydrogen-bond donors (Lipinski definition) is 1. The number of halogens is 2. The van der Waals surface area contributed by atoms with E-state index in [4.69, 9.17) is 0 Å². The molecule has 3 aromatic carbocycles. The average molecular weight is 500 g/mol. The first-order chi connectivity index (χ1) is 16.2. The molecule has 0 saturated heterocycles. The van der Waals surface area contributed by atoms with Crippen molar-refractivity contribution in [3.8, 4) is 0 Å². The van der Waals surface area contributed by atoms with Crippen LogP contribution >= 0.6 is 11.3 Å². The van der Waals surface area contributed by atoms with Crippen molar-refractivity contribution in [1.82, 2.24) is 4.57 Å². The second-order valence-corrected chi connectivity index (χ2v) is 10.1. The number of allylic oxidation sites excluding steroid dienone is 1. The lowest BCUT2D eigenvalue weighted by Gasteiger charge is -2.11. The van der Waals surface area contributed by atoms with Gasteiger partial charge in [0.2, 0.25) is 0 Å². The van der Waals surface area contributed by atoms with Gasteiger partial charge < -0.3 is 4.57 Å². The van der Waals surface area contributed by atoms with Gasteiger partial charge in [-0.2, -0.15) is 4.99 Å². The van der Waals surface area contributed by atoms with Crippen LogP contribution in [0.1, 0.15) is 15.9 Å². The lowest BCUT2D eigenvalue weighted by Crippen LogP contribution is -2.18. The maximum Gasteiger partial charge on any atom is 0.281 e. The maximum atomic E-state index is 14.4. The molecule has 0 bridgehead atoms. The summed E-state index contributed by atoms with van der Waals surface area (Å²) < 4.78 is 57.9. The number of benzene rings is 3. The first kappa shape index (κ1) is 23.5. The molecule has 6 nitrogen and oxygen atoms in total. The first-order valence-corrected chi connectivity index (χ1v) is 12.4. The molecular weight excluding hydrogens is 480 g/mol. The van der Waals surface area contributed by atoms with Crippen LogP contribution in [0.3, 0.4) is 0 Å². The molecule has 0 aliphatic carbocycles. The number of nitrogens with one attached hydrogen (secondary N) is 1. The molecule has 4 aromatic rings. The Kier molecular flexibility index (Phi) is 6.45. The lowest BCUT2D eigenvalue weighted by atomic mass is 10.2.